The predicted molar refractivity (Wildman–Crippen MR) is 61.9 cm³/mol. The zero-order valence-electron chi connectivity index (χ0n) is 9.75. The highest BCUT2D eigenvalue weighted by Crippen LogP contribution is 1.90. The van der Waals surface area contributed by atoms with Gasteiger partial charge in [0, 0.05) is 13.0 Å². The molecule has 0 aliphatic carbocycles. The summed E-state index contributed by atoms with van der Waals surface area (Å²) >= 11 is 0. The van der Waals surface area contributed by atoms with Gasteiger partial charge < -0.3 is 15.4 Å². The lowest BCUT2D eigenvalue weighted by Crippen LogP contribution is -2.34. The topological polar surface area (TPSA) is 67.4 Å². The van der Waals surface area contributed by atoms with E-state index < -0.39 is 0 Å². The van der Waals surface area contributed by atoms with E-state index in [4.69, 9.17) is 4.74 Å². The Morgan fingerprint density at radius 3 is 2.81 bits per heavy atom. The molecule has 1 amide bonds. The SMILES string of the molecule is C=CCNC(=O)CNCCCC(=O)OCC. The van der Waals surface area contributed by atoms with Crippen LogP contribution in [-0.4, -0.2) is 38.1 Å². The number of esters is 1. The van der Waals surface area contributed by atoms with Gasteiger partial charge in [-0.2, -0.15) is 0 Å². The predicted octanol–water partition coefficient (Wildman–Crippen LogP) is 0.222. The highest BCUT2D eigenvalue weighted by atomic mass is 16.5. The van der Waals surface area contributed by atoms with Crippen LogP contribution in [0.25, 0.3) is 0 Å². The summed E-state index contributed by atoms with van der Waals surface area (Å²) in [5, 5.41) is 5.58. The van der Waals surface area contributed by atoms with Gasteiger partial charge in [0.25, 0.3) is 0 Å². The van der Waals surface area contributed by atoms with Crippen LogP contribution in [0.1, 0.15) is 19.8 Å². The van der Waals surface area contributed by atoms with E-state index in [1.807, 2.05) is 0 Å². The van der Waals surface area contributed by atoms with Crippen molar-refractivity contribution >= 4 is 11.9 Å². The number of amides is 1. The maximum Gasteiger partial charge on any atom is 0.305 e. The summed E-state index contributed by atoms with van der Waals surface area (Å²) < 4.78 is 4.77. The van der Waals surface area contributed by atoms with Gasteiger partial charge in [-0.1, -0.05) is 6.08 Å². The van der Waals surface area contributed by atoms with Crippen LogP contribution >= 0.6 is 0 Å². The lowest BCUT2D eigenvalue weighted by atomic mass is 10.3. The van der Waals surface area contributed by atoms with Gasteiger partial charge in [-0.15, -0.1) is 6.58 Å². The quantitative estimate of drug-likeness (QED) is 0.336. The number of rotatable bonds is 9. The minimum Gasteiger partial charge on any atom is -0.466 e. The fourth-order valence-electron chi connectivity index (χ4n) is 1.04. The summed E-state index contributed by atoms with van der Waals surface area (Å²) in [5.41, 5.74) is 0. The van der Waals surface area contributed by atoms with E-state index in [1.165, 1.54) is 0 Å². The molecular formula is C11H20N2O3. The molecule has 5 heteroatoms. The Morgan fingerprint density at radius 2 is 2.19 bits per heavy atom. The van der Waals surface area contributed by atoms with Crippen molar-refractivity contribution in [3.05, 3.63) is 12.7 Å². The van der Waals surface area contributed by atoms with Crippen molar-refractivity contribution in [2.24, 2.45) is 0 Å². The van der Waals surface area contributed by atoms with Gasteiger partial charge in [0.2, 0.25) is 5.91 Å². The molecule has 2 N–H and O–H groups in total. The summed E-state index contributed by atoms with van der Waals surface area (Å²) in [7, 11) is 0. The molecule has 0 aliphatic rings. The summed E-state index contributed by atoms with van der Waals surface area (Å²) in [6.45, 7) is 7.04. The van der Waals surface area contributed by atoms with Gasteiger partial charge in [0.1, 0.15) is 0 Å². The van der Waals surface area contributed by atoms with Crippen molar-refractivity contribution in [3.8, 4) is 0 Å². The van der Waals surface area contributed by atoms with Crippen LogP contribution in [0.5, 0.6) is 0 Å². The third-order valence-corrected chi connectivity index (χ3v) is 1.77. The van der Waals surface area contributed by atoms with Crippen LogP contribution < -0.4 is 10.6 Å². The molecule has 0 unspecified atom stereocenters. The Kier molecular flexibility index (Phi) is 9.30. The molecule has 0 aromatic carbocycles. The van der Waals surface area contributed by atoms with E-state index >= 15 is 0 Å². The Labute approximate surface area is 96.2 Å². The van der Waals surface area contributed by atoms with E-state index in [-0.39, 0.29) is 18.4 Å². The Bertz CT molecular complexity index is 229. The second-order valence-electron chi connectivity index (χ2n) is 3.18. The molecule has 0 heterocycles. The second kappa shape index (κ2) is 10.2. The zero-order valence-corrected chi connectivity index (χ0v) is 9.75. The summed E-state index contributed by atoms with van der Waals surface area (Å²) in [5.74, 6) is -0.267. The third-order valence-electron chi connectivity index (χ3n) is 1.77. The molecule has 0 aromatic rings. The van der Waals surface area contributed by atoms with Gasteiger partial charge in [-0.05, 0) is 19.9 Å². The van der Waals surface area contributed by atoms with Gasteiger partial charge in [0.05, 0.1) is 13.2 Å². The molecule has 0 aromatic heterocycles. The Hall–Kier alpha value is -1.36. The minimum atomic E-state index is -0.194. The molecule has 92 valence electrons. The number of ether oxygens (including phenoxy) is 1. The zero-order chi connectivity index (χ0) is 12.2. The lowest BCUT2D eigenvalue weighted by molar-refractivity contribution is -0.143. The van der Waals surface area contributed by atoms with Crippen molar-refractivity contribution in [2.75, 3.05) is 26.2 Å². The van der Waals surface area contributed by atoms with Crippen LogP contribution in [0.4, 0.5) is 0 Å². The average Bonchev–Trinajstić information content (AvgIpc) is 2.26. The van der Waals surface area contributed by atoms with Gasteiger partial charge in [-0.3, -0.25) is 9.59 Å². The maximum absolute atomic E-state index is 11.1. The number of hydrogen-bond acceptors (Lipinski definition) is 4. The molecule has 0 saturated carbocycles. The molecule has 0 radical (unpaired) electrons. The van der Waals surface area contributed by atoms with E-state index in [0.717, 1.165) is 0 Å². The first-order valence-electron chi connectivity index (χ1n) is 5.44. The monoisotopic (exact) mass is 228 g/mol. The third kappa shape index (κ3) is 9.21. The number of hydrogen-bond donors (Lipinski definition) is 2. The normalized spacial score (nSPS) is 9.56. The molecule has 16 heavy (non-hydrogen) atoms. The summed E-state index contributed by atoms with van der Waals surface area (Å²) in [4.78, 5) is 22.0. The van der Waals surface area contributed by atoms with Gasteiger partial charge in [0.15, 0.2) is 0 Å². The first kappa shape index (κ1) is 14.6. The van der Waals surface area contributed by atoms with Crippen molar-refractivity contribution in [2.45, 2.75) is 19.8 Å². The molecule has 0 saturated heterocycles. The average molecular weight is 228 g/mol. The Balaban J connectivity index is 3.29. The molecular weight excluding hydrogens is 208 g/mol. The highest BCUT2D eigenvalue weighted by molar-refractivity contribution is 5.78. The van der Waals surface area contributed by atoms with Crippen molar-refractivity contribution in [1.29, 1.82) is 0 Å². The van der Waals surface area contributed by atoms with Gasteiger partial charge >= 0.3 is 5.97 Å². The molecule has 0 rings (SSSR count). The molecule has 0 bridgehead atoms. The van der Waals surface area contributed by atoms with Gasteiger partial charge in [-0.25, -0.2) is 0 Å². The summed E-state index contributed by atoms with van der Waals surface area (Å²) in [6, 6.07) is 0. The second-order valence-corrected chi connectivity index (χ2v) is 3.18. The molecule has 0 aliphatic heterocycles. The van der Waals surface area contributed by atoms with E-state index in [2.05, 4.69) is 17.2 Å². The van der Waals surface area contributed by atoms with Crippen LogP contribution in [0.3, 0.4) is 0 Å². The van der Waals surface area contributed by atoms with E-state index in [9.17, 15) is 9.59 Å². The summed E-state index contributed by atoms with van der Waals surface area (Å²) in [6.07, 6.45) is 2.68. The number of nitrogens with one attached hydrogen (secondary N) is 2. The first-order valence-corrected chi connectivity index (χ1v) is 5.44. The number of carbonyl (C=O) groups excluding carboxylic acids is 2. The smallest absolute Gasteiger partial charge is 0.305 e. The Morgan fingerprint density at radius 1 is 1.44 bits per heavy atom. The molecule has 0 spiro atoms. The molecule has 0 atom stereocenters. The standard InChI is InChI=1S/C11H20N2O3/c1-3-7-13-10(14)9-12-8-5-6-11(15)16-4-2/h3,12H,1,4-9H2,2H3,(H,13,14). The van der Waals surface area contributed by atoms with Crippen LogP contribution in [0.15, 0.2) is 12.7 Å². The van der Waals surface area contributed by atoms with Crippen molar-refractivity contribution in [3.63, 3.8) is 0 Å². The molecule has 0 fully saturated rings. The maximum atomic E-state index is 11.1. The minimum absolute atomic E-state index is 0.0731. The largest absolute Gasteiger partial charge is 0.466 e. The van der Waals surface area contributed by atoms with Crippen molar-refractivity contribution < 1.29 is 14.3 Å². The fourth-order valence-corrected chi connectivity index (χ4v) is 1.04. The number of carbonyl (C=O) groups is 2. The van der Waals surface area contributed by atoms with Crippen LogP contribution in [-0.2, 0) is 14.3 Å². The van der Waals surface area contributed by atoms with E-state index in [0.29, 0.717) is 32.5 Å². The van der Waals surface area contributed by atoms with Crippen LogP contribution in [0.2, 0.25) is 0 Å². The van der Waals surface area contributed by atoms with E-state index in [1.54, 1.807) is 13.0 Å². The first-order chi connectivity index (χ1) is 7.70. The highest BCUT2D eigenvalue weighted by Gasteiger charge is 2.01. The molecule has 5 nitrogen and oxygen atoms in total. The lowest BCUT2D eigenvalue weighted by Gasteiger charge is -2.04. The fraction of sp³-hybridized carbons (Fsp3) is 0.636. The van der Waals surface area contributed by atoms with Crippen LogP contribution in [0, 0.1) is 0 Å². The van der Waals surface area contributed by atoms with Crippen molar-refractivity contribution in [1.82, 2.24) is 10.6 Å².